The molecular weight excluding hydrogens is 311 g/mol. The summed E-state index contributed by atoms with van der Waals surface area (Å²) in [4.78, 5) is 21.1. The Morgan fingerprint density at radius 2 is 1.57 bits per heavy atom. The summed E-state index contributed by atoms with van der Waals surface area (Å²) in [6.45, 7) is 0. The van der Waals surface area contributed by atoms with Crippen molar-refractivity contribution in [2.45, 2.75) is 4.90 Å². The molecule has 0 aromatic heterocycles. The Kier molecular flexibility index (Phi) is 5.13. The van der Waals surface area contributed by atoms with E-state index < -0.39 is 32.5 Å². The quantitative estimate of drug-likeness (QED) is 0.564. The second kappa shape index (κ2) is 6.12. The van der Waals surface area contributed by atoms with Gasteiger partial charge in [0.05, 0.1) is 11.1 Å². The van der Waals surface area contributed by atoms with Gasteiger partial charge in [-0.05, 0) is 23.6 Å². The van der Waals surface area contributed by atoms with E-state index in [4.69, 9.17) is 10.2 Å². The monoisotopic (exact) mass is 320 g/mol. The van der Waals surface area contributed by atoms with Gasteiger partial charge >= 0.3 is 41.5 Å². The predicted octanol–water partition coefficient (Wildman–Crippen LogP) is 0.834. The first-order valence-corrected chi connectivity index (χ1v) is 6.66. The molecule has 0 radical (unpaired) electrons. The Morgan fingerprint density at radius 3 is 2.05 bits per heavy atom. The van der Waals surface area contributed by atoms with Crippen molar-refractivity contribution in [1.82, 2.24) is 0 Å². The number of hydrogen-bond donors (Lipinski definition) is 3. The number of carboxylic acids is 2. The van der Waals surface area contributed by atoms with Gasteiger partial charge in [-0.25, -0.2) is 9.59 Å². The Morgan fingerprint density at radius 1 is 0.952 bits per heavy atom. The molecule has 0 heterocycles. The third-order valence-corrected chi connectivity index (χ3v) is 3.66. The predicted molar refractivity (Wildman–Crippen MR) is 74.8 cm³/mol. The Labute approximate surface area is 141 Å². The van der Waals surface area contributed by atoms with E-state index in [2.05, 4.69) is 0 Å². The Hall–Kier alpha value is -1.45. The summed E-state index contributed by atoms with van der Waals surface area (Å²) in [7, 11) is -4.77. The van der Waals surface area contributed by atoms with Crippen LogP contribution < -0.4 is 0 Å². The topological polar surface area (TPSA) is 129 Å². The fraction of sp³-hybridized carbons (Fsp3) is 0. The fourth-order valence-corrected chi connectivity index (χ4v) is 2.78. The van der Waals surface area contributed by atoms with E-state index >= 15 is 0 Å². The number of aromatic carboxylic acids is 2. The van der Waals surface area contributed by atoms with Crippen LogP contribution in [0.5, 0.6) is 0 Å². The zero-order valence-corrected chi connectivity index (χ0v) is 10.6. The van der Waals surface area contributed by atoms with Gasteiger partial charge in [0.1, 0.15) is 4.90 Å². The van der Waals surface area contributed by atoms with E-state index in [9.17, 15) is 22.6 Å². The van der Waals surface area contributed by atoms with Crippen LogP contribution in [0.3, 0.4) is 0 Å². The van der Waals surface area contributed by atoms with Gasteiger partial charge < -0.3 is 10.2 Å². The van der Waals surface area contributed by atoms with E-state index in [-0.39, 0.29) is 45.9 Å². The second-order valence-corrected chi connectivity index (χ2v) is 5.32. The van der Waals surface area contributed by atoms with Gasteiger partial charge in [0.2, 0.25) is 0 Å². The first-order valence-electron chi connectivity index (χ1n) is 5.22. The SMILES string of the molecule is O=C(O)c1ccc2c(S(=O)(=O)O)c(C(=O)O)ccc2c1.[NaH]. The van der Waals surface area contributed by atoms with Crippen LogP contribution in [-0.4, -0.2) is 64.7 Å². The molecular formula is C12H9NaO7S. The van der Waals surface area contributed by atoms with Gasteiger partial charge in [0.25, 0.3) is 10.1 Å². The Bertz CT molecular complexity index is 842. The molecule has 0 aliphatic carbocycles. The van der Waals surface area contributed by atoms with Crippen molar-refractivity contribution in [3.05, 3.63) is 41.5 Å². The minimum absolute atomic E-state index is 0. The van der Waals surface area contributed by atoms with Gasteiger partial charge in [-0.3, -0.25) is 4.55 Å². The van der Waals surface area contributed by atoms with Crippen molar-refractivity contribution in [1.29, 1.82) is 0 Å². The minimum atomic E-state index is -4.77. The van der Waals surface area contributed by atoms with E-state index in [0.717, 1.165) is 18.2 Å². The molecule has 0 unspecified atom stereocenters. The van der Waals surface area contributed by atoms with E-state index in [1.165, 1.54) is 12.1 Å². The molecule has 0 aliphatic rings. The summed E-state index contributed by atoms with van der Waals surface area (Å²) in [5.74, 6) is -2.72. The molecule has 0 amide bonds. The van der Waals surface area contributed by atoms with Crippen molar-refractivity contribution in [3.8, 4) is 0 Å². The van der Waals surface area contributed by atoms with Gasteiger partial charge in [0, 0.05) is 5.39 Å². The van der Waals surface area contributed by atoms with Crippen LogP contribution in [0.4, 0.5) is 0 Å². The molecule has 21 heavy (non-hydrogen) atoms. The molecule has 7 nitrogen and oxygen atoms in total. The molecule has 2 aromatic rings. The van der Waals surface area contributed by atoms with Gasteiger partial charge in [-0.2, -0.15) is 8.42 Å². The molecule has 2 aromatic carbocycles. The molecule has 0 atom stereocenters. The maximum atomic E-state index is 11.4. The average molecular weight is 320 g/mol. The normalized spacial score (nSPS) is 10.9. The molecule has 2 rings (SSSR count). The van der Waals surface area contributed by atoms with Crippen molar-refractivity contribution in [2.75, 3.05) is 0 Å². The third kappa shape index (κ3) is 3.42. The Balaban J connectivity index is 0.00000220. The number of carboxylic acid groups (broad SMARTS) is 2. The number of hydrogen-bond acceptors (Lipinski definition) is 4. The van der Waals surface area contributed by atoms with Crippen LogP contribution in [-0.2, 0) is 10.1 Å². The summed E-state index contributed by atoms with van der Waals surface area (Å²) in [5, 5.41) is 18.0. The first kappa shape index (κ1) is 17.6. The van der Waals surface area contributed by atoms with Crippen LogP contribution >= 0.6 is 0 Å². The van der Waals surface area contributed by atoms with E-state index in [1.807, 2.05) is 0 Å². The third-order valence-electron chi connectivity index (χ3n) is 2.71. The molecule has 0 bridgehead atoms. The molecule has 0 saturated carbocycles. The van der Waals surface area contributed by atoms with Crippen LogP contribution in [0.1, 0.15) is 20.7 Å². The summed E-state index contributed by atoms with van der Waals surface area (Å²) in [6, 6.07) is 5.75. The van der Waals surface area contributed by atoms with Crippen LogP contribution in [0, 0.1) is 0 Å². The summed E-state index contributed by atoms with van der Waals surface area (Å²) in [5.41, 5.74) is -0.662. The summed E-state index contributed by atoms with van der Waals surface area (Å²) >= 11 is 0. The van der Waals surface area contributed by atoms with Gasteiger partial charge in [-0.15, -0.1) is 0 Å². The molecule has 0 aliphatic heterocycles. The van der Waals surface area contributed by atoms with E-state index in [1.54, 1.807) is 0 Å². The fourth-order valence-electron chi connectivity index (χ4n) is 1.88. The van der Waals surface area contributed by atoms with Crippen LogP contribution in [0.25, 0.3) is 10.8 Å². The number of benzene rings is 2. The van der Waals surface area contributed by atoms with Crippen molar-refractivity contribution in [2.24, 2.45) is 0 Å². The molecule has 106 valence electrons. The number of rotatable bonds is 3. The molecule has 0 spiro atoms. The van der Waals surface area contributed by atoms with Crippen molar-refractivity contribution in [3.63, 3.8) is 0 Å². The summed E-state index contributed by atoms with van der Waals surface area (Å²) < 4.78 is 31.9. The second-order valence-electron chi connectivity index (χ2n) is 3.96. The molecule has 0 saturated heterocycles. The average Bonchev–Trinajstić information content (AvgIpc) is 2.35. The van der Waals surface area contributed by atoms with E-state index in [0.29, 0.717) is 0 Å². The molecule has 3 N–H and O–H groups in total. The summed E-state index contributed by atoms with van der Waals surface area (Å²) in [6.07, 6.45) is 0. The van der Waals surface area contributed by atoms with Gasteiger partial charge in [0.15, 0.2) is 0 Å². The number of fused-ring (bicyclic) bond motifs is 1. The zero-order valence-electron chi connectivity index (χ0n) is 9.77. The zero-order chi connectivity index (χ0) is 15.1. The van der Waals surface area contributed by atoms with Crippen molar-refractivity contribution < 1.29 is 32.8 Å². The van der Waals surface area contributed by atoms with Crippen LogP contribution in [0.15, 0.2) is 35.2 Å². The van der Waals surface area contributed by atoms with Crippen molar-refractivity contribution >= 4 is 62.4 Å². The molecule has 0 fully saturated rings. The molecule has 9 heteroatoms. The number of carbonyl (C=O) groups is 2. The standard InChI is InChI=1S/C12H8O7S.Na.H/c13-11(14)7-2-3-8-6(5-7)1-4-9(12(15)16)10(8)20(17,18)19;;/h1-5H,(H,13,14)(H,15,16)(H,17,18,19);;. The maximum absolute atomic E-state index is 11.4. The van der Waals surface area contributed by atoms with Gasteiger partial charge in [-0.1, -0.05) is 12.1 Å². The first-order chi connectivity index (χ1) is 9.21. The van der Waals surface area contributed by atoms with Crippen LogP contribution in [0.2, 0.25) is 0 Å².